The van der Waals surface area contributed by atoms with Crippen molar-refractivity contribution >= 4 is 17.2 Å². The second-order valence-corrected chi connectivity index (χ2v) is 6.83. The van der Waals surface area contributed by atoms with E-state index in [1.165, 1.54) is 5.56 Å². The summed E-state index contributed by atoms with van der Waals surface area (Å²) in [5.74, 6) is 1.54. The Hall–Kier alpha value is -3.15. The van der Waals surface area contributed by atoms with Gasteiger partial charge in [0.1, 0.15) is 12.1 Å². The van der Waals surface area contributed by atoms with Crippen molar-refractivity contribution in [3.63, 3.8) is 0 Å². The number of rotatable bonds is 4. The van der Waals surface area contributed by atoms with Gasteiger partial charge in [0.05, 0.1) is 24.7 Å². The minimum Gasteiger partial charge on any atom is -0.481 e. The van der Waals surface area contributed by atoms with E-state index in [0.29, 0.717) is 5.88 Å². The number of aromatic nitrogens is 3. The summed E-state index contributed by atoms with van der Waals surface area (Å²) in [5, 5.41) is 3.46. The standard InChI is InChI=1S/C21H23N5O/c1-14-5-4-6-16(9-14)25-20-18-12-26(8-7-19(18)23-13-24-20)17-10-15(2)21(27-3)22-11-17/h4-6,9-11,13H,7-8,12H2,1-3H3,(H,23,24,25). The number of anilines is 3. The van der Waals surface area contributed by atoms with Gasteiger partial charge < -0.3 is 15.0 Å². The molecule has 2 aromatic heterocycles. The van der Waals surface area contributed by atoms with E-state index in [1.54, 1.807) is 13.4 Å². The summed E-state index contributed by atoms with van der Waals surface area (Å²) in [4.78, 5) is 15.7. The topological polar surface area (TPSA) is 63.2 Å². The normalized spacial score (nSPS) is 13.2. The molecule has 0 saturated heterocycles. The van der Waals surface area contributed by atoms with E-state index in [2.05, 4.69) is 56.4 Å². The molecular formula is C21H23N5O. The van der Waals surface area contributed by atoms with Crippen LogP contribution in [-0.2, 0) is 13.0 Å². The second-order valence-electron chi connectivity index (χ2n) is 6.83. The number of benzene rings is 1. The molecule has 0 atom stereocenters. The van der Waals surface area contributed by atoms with E-state index in [-0.39, 0.29) is 0 Å². The van der Waals surface area contributed by atoms with Gasteiger partial charge in [-0.2, -0.15) is 0 Å². The SMILES string of the molecule is COc1ncc(N2CCc3ncnc(Nc4cccc(C)c4)c3C2)cc1C. The molecule has 3 aromatic rings. The van der Waals surface area contributed by atoms with Gasteiger partial charge in [0.25, 0.3) is 0 Å². The zero-order valence-corrected chi connectivity index (χ0v) is 15.9. The van der Waals surface area contributed by atoms with Gasteiger partial charge in [-0.3, -0.25) is 0 Å². The average Bonchev–Trinajstić information content (AvgIpc) is 2.68. The minimum absolute atomic E-state index is 0.668. The Morgan fingerprint density at radius 3 is 2.78 bits per heavy atom. The van der Waals surface area contributed by atoms with Crippen molar-refractivity contribution < 1.29 is 4.74 Å². The molecule has 1 N–H and O–H groups in total. The van der Waals surface area contributed by atoms with Crippen molar-refractivity contribution in [1.82, 2.24) is 15.0 Å². The number of aryl methyl sites for hydroxylation is 2. The predicted molar refractivity (Wildman–Crippen MR) is 107 cm³/mol. The number of fused-ring (bicyclic) bond motifs is 1. The second kappa shape index (κ2) is 7.23. The van der Waals surface area contributed by atoms with Crippen LogP contribution in [0.2, 0.25) is 0 Å². The van der Waals surface area contributed by atoms with Gasteiger partial charge in [-0.25, -0.2) is 15.0 Å². The molecule has 0 amide bonds. The fraction of sp³-hybridized carbons (Fsp3) is 0.286. The third kappa shape index (κ3) is 3.56. The van der Waals surface area contributed by atoms with E-state index >= 15 is 0 Å². The quantitative estimate of drug-likeness (QED) is 0.762. The van der Waals surface area contributed by atoms with E-state index < -0.39 is 0 Å². The number of pyridine rings is 1. The van der Waals surface area contributed by atoms with E-state index in [4.69, 9.17) is 4.74 Å². The number of ether oxygens (including phenoxy) is 1. The first-order valence-corrected chi connectivity index (χ1v) is 9.06. The average molecular weight is 361 g/mol. The summed E-state index contributed by atoms with van der Waals surface area (Å²) in [6.07, 6.45) is 4.39. The Bertz CT molecular complexity index is 973. The van der Waals surface area contributed by atoms with Crippen molar-refractivity contribution in [3.8, 4) is 5.88 Å². The van der Waals surface area contributed by atoms with Crippen molar-refractivity contribution in [2.24, 2.45) is 0 Å². The van der Waals surface area contributed by atoms with Crippen LogP contribution in [0, 0.1) is 13.8 Å². The maximum atomic E-state index is 5.28. The highest BCUT2D eigenvalue weighted by Gasteiger charge is 2.22. The van der Waals surface area contributed by atoms with Crippen LogP contribution in [0.15, 0.2) is 42.9 Å². The first-order chi connectivity index (χ1) is 13.1. The molecule has 1 aliphatic rings. The Labute approximate surface area is 159 Å². The number of hydrogen-bond acceptors (Lipinski definition) is 6. The van der Waals surface area contributed by atoms with Gasteiger partial charge in [0.2, 0.25) is 5.88 Å². The number of nitrogens with zero attached hydrogens (tertiary/aromatic N) is 4. The third-order valence-electron chi connectivity index (χ3n) is 4.86. The van der Waals surface area contributed by atoms with Gasteiger partial charge >= 0.3 is 0 Å². The van der Waals surface area contributed by atoms with Crippen LogP contribution >= 0.6 is 0 Å². The molecule has 0 bridgehead atoms. The van der Waals surface area contributed by atoms with Gasteiger partial charge in [-0.15, -0.1) is 0 Å². The summed E-state index contributed by atoms with van der Waals surface area (Å²) in [6.45, 7) is 5.75. The van der Waals surface area contributed by atoms with Crippen molar-refractivity contribution in [2.45, 2.75) is 26.8 Å². The Morgan fingerprint density at radius 2 is 2.00 bits per heavy atom. The highest BCUT2D eigenvalue weighted by Crippen LogP contribution is 2.30. The number of hydrogen-bond donors (Lipinski definition) is 1. The summed E-state index contributed by atoms with van der Waals surface area (Å²) >= 11 is 0. The molecule has 1 aromatic carbocycles. The maximum absolute atomic E-state index is 5.28. The molecule has 0 unspecified atom stereocenters. The molecule has 4 rings (SSSR count). The van der Waals surface area contributed by atoms with E-state index in [9.17, 15) is 0 Å². The van der Waals surface area contributed by atoms with Crippen LogP contribution in [-0.4, -0.2) is 28.6 Å². The lowest BCUT2D eigenvalue weighted by Crippen LogP contribution is -2.32. The smallest absolute Gasteiger partial charge is 0.216 e. The summed E-state index contributed by atoms with van der Waals surface area (Å²) in [6, 6.07) is 10.4. The zero-order chi connectivity index (χ0) is 18.8. The summed E-state index contributed by atoms with van der Waals surface area (Å²) in [7, 11) is 1.65. The van der Waals surface area contributed by atoms with Gasteiger partial charge in [-0.05, 0) is 37.6 Å². The van der Waals surface area contributed by atoms with Crippen LogP contribution in [0.5, 0.6) is 5.88 Å². The lowest BCUT2D eigenvalue weighted by molar-refractivity contribution is 0.394. The van der Waals surface area contributed by atoms with Crippen LogP contribution in [0.1, 0.15) is 22.4 Å². The predicted octanol–water partition coefficient (Wildman–Crippen LogP) is 3.80. The molecule has 0 spiro atoms. The Kier molecular flexibility index (Phi) is 4.62. The molecule has 3 heterocycles. The first kappa shape index (κ1) is 17.3. The summed E-state index contributed by atoms with van der Waals surface area (Å²) in [5.41, 5.74) is 6.61. The van der Waals surface area contributed by atoms with Crippen molar-refractivity contribution in [2.75, 3.05) is 23.9 Å². The van der Waals surface area contributed by atoms with Gasteiger partial charge in [-0.1, -0.05) is 12.1 Å². The lowest BCUT2D eigenvalue weighted by Gasteiger charge is -2.31. The molecule has 138 valence electrons. The first-order valence-electron chi connectivity index (χ1n) is 9.06. The monoisotopic (exact) mass is 361 g/mol. The molecule has 0 aliphatic carbocycles. The van der Waals surface area contributed by atoms with Gasteiger partial charge in [0.15, 0.2) is 0 Å². The molecule has 1 aliphatic heterocycles. The largest absolute Gasteiger partial charge is 0.481 e. The Balaban J connectivity index is 1.62. The molecule has 27 heavy (non-hydrogen) atoms. The highest BCUT2D eigenvalue weighted by atomic mass is 16.5. The lowest BCUT2D eigenvalue weighted by atomic mass is 10.1. The molecule has 6 nitrogen and oxygen atoms in total. The Morgan fingerprint density at radius 1 is 1.11 bits per heavy atom. The number of methoxy groups -OCH3 is 1. The van der Waals surface area contributed by atoms with Gasteiger partial charge in [0, 0.05) is 36.3 Å². The summed E-state index contributed by atoms with van der Waals surface area (Å²) < 4.78 is 5.28. The fourth-order valence-electron chi connectivity index (χ4n) is 3.46. The van der Waals surface area contributed by atoms with Crippen molar-refractivity contribution in [3.05, 3.63) is 65.2 Å². The number of nitrogens with one attached hydrogen (secondary N) is 1. The van der Waals surface area contributed by atoms with Crippen molar-refractivity contribution in [1.29, 1.82) is 0 Å². The molecule has 0 saturated carbocycles. The molecule has 0 radical (unpaired) electrons. The van der Waals surface area contributed by atoms with Crippen LogP contribution in [0.3, 0.4) is 0 Å². The van der Waals surface area contributed by atoms with E-state index in [0.717, 1.165) is 53.5 Å². The fourth-order valence-corrected chi connectivity index (χ4v) is 3.46. The van der Waals surface area contributed by atoms with Crippen LogP contribution in [0.4, 0.5) is 17.2 Å². The molecular weight excluding hydrogens is 338 g/mol. The third-order valence-corrected chi connectivity index (χ3v) is 4.86. The minimum atomic E-state index is 0.668. The van der Waals surface area contributed by atoms with E-state index in [1.807, 2.05) is 19.2 Å². The zero-order valence-electron chi connectivity index (χ0n) is 15.9. The maximum Gasteiger partial charge on any atom is 0.216 e. The highest BCUT2D eigenvalue weighted by molar-refractivity contribution is 5.62. The van der Waals surface area contributed by atoms with Crippen LogP contribution in [0.25, 0.3) is 0 Å². The molecule has 0 fully saturated rings. The molecule has 6 heteroatoms. The van der Waals surface area contributed by atoms with Crippen LogP contribution < -0.4 is 15.0 Å².